The van der Waals surface area contributed by atoms with Gasteiger partial charge in [0.15, 0.2) is 0 Å². The highest BCUT2D eigenvalue weighted by molar-refractivity contribution is 4.88. The molecule has 0 radical (unpaired) electrons. The Morgan fingerprint density at radius 3 is 2.77 bits per heavy atom. The molecule has 2 nitrogen and oxygen atoms in total. The van der Waals surface area contributed by atoms with Crippen LogP contribution in [0.2, 0.25) is 0 Å². The second kappa shape index (κ2) is 3.97. The number of hydrogen-bond donors (Lipinski definition) is 1. The standard InChI is InChI=1S/C11H22N2/c1-9(2)13-7-10-4-3-5-12-6-11(10)8-13/h9-12H,3-8H2,1-2H3. The van der Waals surface area contributed by atoms with Gasteiger partial charge in [-0.25, -0.2) is 0 Å². The lowest BCUT2D eigenvalue weighted by molar-refractivity contribution is 0.258. The van der Waals surface area contributed by atoms with E-state index in [2.05, 4.69) is 24.1 Å². The molecule has 0 aromatic heterocycles. The van der Waals surface area contributed by atoms with Crippen molar-refractivity contribution in [3.05, 3.63) is 0 Å². The maximum atomic E-state index is 3.55. The van der Waals surface area contributed by atoms with E-state index < -0.39 is 0 Å². The van der Waals surface area contributed by atoms with Crippen LogP contribution in [0.4, 0.5) is 0 Å². The molecule has 2 heteroatoms. The highest BCUT2D eigenvalue weighted by atomic mass is 15.2. The van der Waals surface area contributed by atoms with Crippen molar-refractivity contribution < 1.29 is 0 Å². The van der Waals surface area contributed by atoms with Gasteiger partial charge in [-0.15, -0.1) is 0 Å². The molecule has 2 aliphatic rings. The van der Waals surface area contributed by atoms with Crippen LogP contribution in [0, 0.1) is 11.8 Å². The third kappa shape index (κ3) is 2.05. The molecular formula is C11H22N2. The second-order valence-corrected chi connectivity index (χ2v) is 4.91. The molecule has 1 N–H and O–H groups in total. The molecule has 0 aromatic carbocycles. The van der Waals surface area contributed by atoms with Crippen molar-refractivity contribution >= 4 is 0 Å². The second-order valence-electron chi connectivity index (χ2n) is 4.91. The predicted octanol–water partition coefficient (Wildman–Crippen LogP) is 1.33. The highest BCUT2D eigenvalue weighted by Gasteiger charge is 2.33. The summed E-state index contributed by atoms with van der Waals surface area (Å²) in [5.41, 5.74) is 0. The molecule has 2 fully saturated rings. The Labute approximate surface area is 81.7 Å². The molecule has 0 saturated carbocycles. The van der Waals surface area contributed by atoms with Crippen LogP contribution in [0.15, 0.2) is 0 Å². The molecule has 0 bridgehead atoms. The van der Waals surface area contributed by atoms with Crippen LogP contribution in [0.3, 0.4) is 0 Å². The zero-order chi connectivity index (χ0) is 9.26. The van der Waals surface area contributed by atoms with E-state index in [1.165, 1.54) is 39.0 Å². The summed E-state index contributed by atoms with van der Waals surface area (Å²) in [5.74, 6) is 1.92. The van der Waals surface area contributed by atoms with Gasteiger partial charge in [-0.2, -0.15) is 0 Å². The number of hydrogen-bond acceptors (Lipinski definition) is 2. The van der Waals surface area contributed by atoms with Crippen molar-refractivity contribution in [1.29, 1.82) is 0 Å². The van der Waals surface area contributed by atoms with Crippen molar-refractivity contribution in [1.82, 2.24) is 10.2 Å². The monoisotopic (exact) mass is 182 g/mol. The van der Waals surface area contributed by atoms with Gasteiger partial charge >= 0.3 is 0 Å². The molecule has 2 rings (SSSR count). The Morgan fingerprint density at radius 1 is 1.23 bits per heavy atom. The van der Waals surface area contributed by atoms with Crippen LogP contribution in [0.5, 0.6) is 0 Å². The third-order valence-electron chi connectivity index (χ3n) is 3.67. The summed E-state index contributed by atoms with van der Waals surface area (Å²) in [6.07, 6.45) is 2.83. The number of nitrogens with one attached hydrogen (secondary N) is 1. The summed E-state index contributed by atoms with van der Waals surface area (Å²) in [6, 6.07) is 0.743. The Balaban J connectivity index is 1.94. The first-order valence-corrected chi connectivity index (χ1v) is 5.72. The summed E-state index contributed by atoms with van der Waals surface area (Å²) in [4.78, 5) is 2.64. The first kappa shape index (κ1) is 9.47. The van der Waals surface area contributed by atoms with Gasteiger partial charge in [0.25, 0.3) is 0 Å². The molecule has 0 spiro atoms. The van der Waals surface area contributed by atoms with E-state index in [4.69, 9.17) is 0 Å². The van der Waals surface area contributed by atoms with E-state index >= 15 is 0 Å². The minimum absolute atomic E-state index is 0.743. The molecule has 0 aromatic rings. The van der Waals surface area contributed by atoms with Gasteiger partial charge in [0.1, 0.15) is 0 Å². The maximum absolute atomic E-state index is 3.55. The minimum atomic E-state index is 0.743. The summed E-state index contributed by atoms with van der Waals surface area (Å²) >= 11 is 0. The van der Waals surface area contributed by atoms with E-state index in [1.54, 1.807) is 0 Å². The van der Waals surface area contributed by atoms with Crippen molar-refractivity contribution in [2.75, 3.05) is 26.2 Å². The normalized spacial score (nSPS) is 36.2. The van der Waals surface area contributed by atoms with E-state index in [9.17, 15) is 0 Å². The van der Waals surface area contributed by atoms with Crippen molar-refractivity contribution in [2.45, 2.75) is 32.7 Å². The van der Waals surface area contributed by atoms with Crippen LogP contribution in [0.1, 0.15) is 26.7 Å². The van der Waals surface area contributed by atoms with Gasteiger partial charge in [0, 0.05) is 19.1 Å². The van der Waals surface area contributed by atoms with E-state index in [1.807, 2.05) is 0 Å². The highest BCUT2D eigenvalue weighted by Crippen LogP contribution is 2.29. The molecule has 0 aliphatic carbocycles. The Hall–Kier alpha value is -0.0800. The third-order valence-corrected chi connectivity index (χ3v) is 3.67. The van der Waals surface area contributed by atoms with Crippen LogP contribution >= 0.6 is 0 Å². The van der Waals surface area contributed by atoms with Crippen molar-refractivity contribution in [3.63, 3.8) is 0 Å². The fourth-order valence-corrected chi connectivity index (χ4v) is 2.73. The fraction of sp³-hybridized carbons (Fsp3) is 1.00. The lowest BCUT2D eigenvalue weighted by atomic mass is 9.93. The topological polar surface area (TPSA) is 15.3 Å². The van der Waals surface area contributed by atoms with E-state index in [0.29, 0.717) is 0 Å². The van der Waals surface area contributed by atoms with Gasteiger partial charge in [-0.05, 0) is 51.6 Å². The van der Waals surface area contributed by atoms with Gasteiger partial charge < -0.3 is 10.2 Å². The van der Waals surface area contributed by atoms with Crippen LogP contribution in [0.25, 0.3) is 0 Å². The molecule has 13 heavy (non-hydrogen) atoms. The maximum Gasteiger partial charge on any atom is 0.00388 e. The molecule has 2 aliphatic heterocycles. The summed E-state index contributed by atoms with van der Waals surface area (Å²) in [5, 5.41) is 3.55. The smallest absolute Gasteiger partial charge is 0.00388 e. The van der Waals surface area contributed by atoms with E-state index in [0.717, 1.165) is 17.9 Å². The zero-order valence-corrected chi connectivity index (χ0v) is 8.92. The molecule has 2 unspecified atom stereocenters. The Bertz CT molecular complexity index is 153. The number of likely N-dealkylation sites (tertiary alicyclic amines) is 1. The van der Waals surface area contributed by atoms with Crippen LogP contribution in [-0.2, 0) is 0 Å². The van der Waals surface area contributed by atoms with Gasteiger partial charge in [-0.3, -0.25) is 0 Å². The Morgan fingerprint density at radius 2 is 2.00 bits per heavy atom. The van der Waals surface area contributed by atoms with Gasteiger partial charge in [0.05, 0.1) is 0 Å². The number of rotatable bonds is 1. The molecule has 76 valence electrons. The van der Waals surface area contributed by atoms with Crippen molar-refractivity contribution in [3.8, 4) is 0 Å². The van der Waals surface area contributed by atoms with E-state index in [-0.39, 0.29) is 0 Å². The fourth-order valence-electron chi connectivity index (χ4n) is 2.73. The Kier molecular flexibility index (Phi) is 2.89. The lowest BCUT2D eigenvalue weighted by Crippen LogP contribution is -2.30. The quantitative estimate of drug-likeness (QED) is 0.658. The minimum Gasteiger partial charge on any atom is -0.316 e. The molecule has 2 heterocycles. The summed E-state index contributed by atoms with van der Waals surface area (Å²) in [7, 11) is 0. The van der Waals surface area contributed by atoms with Crippen molar-refractivity contribution in [2.24, 2.45) is 11.8 Å². The largest absolute Gasteiger partial charge is 0.316 e. The molecule has 2 atom stereocenters. The molecule has 2 saturated heterocycles. The number of fused-ring (bicyclic) bond motifs is 1. The first-order valence-electron chi connectivity index (χ1n) is 5.72. The van der Waals surface area contributed by atoms with Crippen LogP contribution < -0.4 is 5.32 Å². The average molecular weight is 182 g/mol. The lowest BCUT2D eigenvalue weighted by Gasteiger charge is -2.20. The molecule has 0 amide bonds. The first-order chi connectivity index (χ1) is 6.27. The molecular weight excluding hydrogens is 160 g/mol. The van der Waals surface area contributed by atoms with Gasteiger partial charge in [0.2, 0.25) is 0 Å². The SMILES string of the molecule is CC(C)N1CC2CCCNCC2C1. The predicted molar refractivity (Wildman–Crippen MR) is 55.8 cm³/mol. The van der Waals surface area contributed by atoms with Gasteiger partial charge in [-0.1, -0.05) is 0 Å². The summed E-state index contributed by atoms with van der Waals surface area (Å²) < 4.78 is 0. The average Bonchev–Trinajstić information content (AvgIpc) is 2.38. The van der Waals surface area contributed by atoms with Crippen LogP contribution in [-0.4, -0.2) is 37.1 Å². The zero-order valence-electron chi connectivity index (χ0n) is 8.92. The summed E-state index contributed by atoms with van der Waals surface area (Å²) in [6.45, 7) is 9.82. The number of nitrogens with zero attached hydrogens (tertiary/aromatic N) is 1.